The van der Waals surface area contributed by atoms with E-state index in [4.69, 9.17) is 10.5 Å². The summed E-state index contributed by atoms with van der Waals surface area (Å²) in [7, 11) is 1.40. The highest BCUT2D eigenvalue weighted by Crippen LogP contribution is 2.16. The SMILES string of the molecule is COC(=O)CCCCCN=C(N)Nc1ccc(OC(C)C)cc1.I. The zero-order valence-electron chi connectivity index (χ0n) is 14.6. The second-order valence-corrected chi connectivity index (χ2v) is 5.47. The molecule has 0 aliphatic heterocycles. The van der Waals surface area contributed by atoms with Gasteiger partial charge in [0.05, 0.1) is 13.2 Å². The van der Waals surface area contributed by atoms with Gasteiger partial charge in [0.25, 0.3) is 0 Å². The van der Waals surface area contributed by atoms with Gasteiger partial charge in [-0.2, -0.15) is 0 Å². The Hall–Kier alpha value is -1.51. The number of halogens is 1. The molecule has 1 rings (SSSR count). The topological polar surface area (TPSA) is 85.9 Å². The fourth-order valence-corrected chi connectivity index (χ4v) is 1.94. The predicted molar refractivity (Wildman–Crippen MR) is 108 cm³/mol. The molecular weight excluding hydrogens is 421 g/mol. The van der Waals surface area contributed by atoms with Crippen molar-refractivity contribution in [2.45, 2.75) is 45.6 Å². The Labute approximate surface area is 161 Å². The van der Waals surface area contributed by atoms with E-state index in [1.165, 1.54) is 7.11 Å². The van der Waals surface area contributed by atoms with E-state index in [2.05, 4.69) is 15.0 Å². The van der Waals surface area contributed by atoms with Gasteiger partial charge in [-0.25, -0.2) is 0 Å². The van der Waals surface area contributed by atoms with Crippen LogP contribution in [0.15, 0.2) is 29.3 Å². The number of nitrogens with one attached hydrogen (secondary N) is 1. The number of carbonyl (C=O) groups excluding carboxylic acids is 1. The molecule has 3 N–H and O–H groups in total. The first-order valence-electron chi connectivity index (χ1n) is 7.91. The monoisotopic (exact) mass is 449 g/mol. The minimum Gasteiger partial charge on any atom is -0.491 e. The molecule has 0 spiro atoms. The quantitative estimate of drug-likeness (QED) is 0.198. The van der Waals surface area contributed by atoms with Crippen molar-refractivity contribution in [3.63, 3.8) is 0 Å². The molecule has 24 heavy (non-hydrogen) atoms. The molecule has 0 heterocycles. The highest BCUT2D eigenvalue weighted by atomic mass is 127. The Morgan fingerprint density at radius 2 is 1.88 bits per heavy atom. The van der Waals surface area contributed by atoms with E-state index in [0.29, 0.717) is 18.9 Å². The Morgan fingerprint density at radius 1 is 1.21 bits per heavy atom. The number of benzene rings is 1. The molecule has 0 atom stereocenters. The number of hydrogen-bond acceptors (Lipinski definition) is 4. The first kappa shape index (κ1) is 22.5. The number of unbranched alkanes of at least 4 members (excludes halogenated alkanes) is 2. The van der Waals surface area contributed by atoms with E-state index in [-0.39, 0.29) is 36.0 Å². The van der Waals surface area contributed by atoms with E-state index in [9.17, 15) is 4.79 Å². The van der Waals surface area contributed by atoms with E-state index >= 15 is 0 Å². The number of carbonyl (C=O) groups is 1. The van der Waals surface area contributed by atoms with Crippen molar-refractivity contribution in [1.82, 2.24) is 0 Å². The highest BCUT2D eigenvalue weighted by molar-refractivity contribution is 14.0. The van der Waals surface area contributed by atoms with Crippen molar-refractivity contribution < 1.29 is 14.3 Å². The van der Waals surface area contributed by atoms with Crippen LogP contribution in [0.3, 0.4) is 0 Å². The summed E-state index contributed by atoms with van der Waals surface area (Å²) in [5.41, 5.74) is 6.71. The second kappa shape index (κ2) is 12.9. The summed E-state index contributed by atoms with van der Waals surface area (Å²) in [6.07, 6.45) is 3.24. The summed E-state index contributed by atoms with van der Waals surface area (Å²) in [6.45, 7) is 4.61. The smallest absolute Gasteiger partial charge is 0.305 e. The number of nitrogens with two attached hydrogens (primary N) is 1. The van der Waals surface area contributed by atoms with Crippen LogP contribution in [-0.4, -0.2) is 31.7 Å². The van der Waals surface area contributed by atoms with Crippen molar-refractivity contribution in [2.75, 3.05) is 19.0 Å². The summed E-state index contributed by atoms with van der Waals surface area (Å²) in [6, 6.07) is 7.58. The summed E-state index contributed by atoms with van der Waals surface area (Å²) in [5.74, 6) is 1.04. The van der Waals surface area contributed by atoms with Crippen molar-refractivity contribution in [3.05, 3.63) is 24.3 Å². The van der Waals surface area contributed by atoms with E-state index in [1.807, 2.05) is 38.1 Å². The molecule has 0 fully saturated rings. The Balaban J connectivity index is 0.00000529. The number of ether oxygens (including phenoxy) is 2. The average molecular weight is 449 g/mol. The first-order valence-corrected chi connectivity index (χ1v) is 7.91. The molecular formula is C17H28IN3O3. The molecule has 0 aromatic heterocycles. The van der Waals surface area contributed by atoms with Crippen LogP contribution in [0.2, 0.25) is 0 Å². The molecule has 0 saturated heterocycles. The van der Waals surface area contributed by atoms with Gasteiger partial charge in [-0.05, 0) is 51.0 Å². The molecule has 0 aliphatic carbocycles. The standard InChI is InChI=1S/C17H27N3O3.HI/c1-13(2)23-15-10-8-14(9-11-15)20-17(18)19-12-6-4-5-7-16(21)22-3;/h8-11,13H,4-7,12H2,1-3H3,(H3,18,19,20);1H. The zero-order valence-corrected chi connectivity index (χ0v) is 16.9. The third-order valence-electron chi connectivity index (χ3n) is 3.05. The number of hydrogen-bond donors (Lipinski definition) is 2. The molecule has 0 amide bonds. The number of anilines is 1. The molecule has 0 unspecified atom stereocenters. The van der Waals surface area contributed by atoms with Crippen LogP contribution in [0.1, 0.15) is 39.5 Å². The lowest BCUT2D eigenvalue weighted by Gasteiger charge is -2.10. The van der Waals surface area contributed by atoms with Gasteiger partial charge in [0.15, 0.2) is 5.96 Å². The van der Waals surface area contributed by atoms with Gasteiger partial charge in [-0.3, -0.25) is 9.79 Å². The van der Waals surface area contributed by atoms with Gasteiger partial charge in [0.2, 0.25) is 0 Å². The lowest BCUT2D eigenvalue weighted by molar-refractivity contribution is -0.140. The first-order chi connectivity index (χ1) is 11.0. The Kier molecular flexibility index (Phi) is 12.0. The molecule has 0 saturated carbocycles. The summed E-state index contributed by atoms with van der Waals surface area (Å²) in [4.78, 5) is 15.2. The van der Waals surface area contributed by atoms with Crippen LogP contribution < -0.4 is 15.8 Å². The number of aliphatic imine (C=N–C) groups is 1. The van der Waals surface area contributed by atoms with Crippen molar-refractivity contribution >= 4 is 41.6 Å². The molecule has 0 aliphatic rings. The van der Waals surface area contributed by atoms with Gasteiger partial charge in [-0.15, -0.1) is 24.0 Å². The minimum absolute atomic E-state index is 0. The van der Waals surface area contributed by atoms with Gasteiger partial charge < -0.3 is 20.5 Å². The zero-order chi connectivity index (χ0) is 17.1. The van der Waals surface area contributed by atoms with E-state index < -0.39 is 0 Å². The third kappa shape index (κ3) is 10.3. The molecule has 1 aromatic carbocycles. The Morgan fingerprint density at radius 3 is 2.46 bits per heavy atom. The maximum Gasteiger partial charge on any atom is 0.305 e. The summed E-state index contributed by atoms with van der Waals surface area (Å²) >= 11 is 0. The van der Waals surface area contributed by atoms with Crippen molar-refractivity contribution in [2.24, 2.45) is 10.7 Å². The minimum atomic E-state index is -0.167. The van der Waals surface area contributed by atoms with Crippen molar-refractivity contribution in [3.8, 4) is 5.75 Å². The van der Waals surface area contributed by atoms with Gasteiger partial charge in [-0.1, -0.05) is 6.42 Å². The molecule has 1 aromatic rings. The predicted octanol–water partition coefficient (Wildman–Crippen LogP) is 3.55. The van der Waals surface area contributed by atoms with Crippen LogP contribution in [-0.2, 0) is 9.53 Å². The van der Waals surface area contributed by atoms with Gasteiger partial charge in [0, 0.05) is 18.7 Å². The maximum atomic E-state index is 11.0. The summed E-state index contributed by atoms with van der Waals surface area (Å²) in [5, 5.41) is 3.04. The molecule has 136 valence electrons. The normalized spacial score (nSPS) is 10.9. The number of esters is 1. The molecule has 0 bridgehead atoms. The van der Waals surface area contributed by atoms with E-state index in [0.717, 1.165) is 30.7 Å². The van der Waals surface area contributed by atoms with Crippen LogP contribution in [0.25, 0.3) is 0 Å². The fraction of sp³-hybridized carbons (Fsp3) is 0.529. The van der Waals surface area contributed by atoms with Crippen LogP contribution in [0.5, 0.6) is 5.75 Å². The summed E-state index contributed by atoms with van der Waals surface area (Å²) < 4.78 is 10.2. The number of nitrogens with zero attached hydrogens (tertiary/aromatic N) is 1. The van der Waals surface area contributed by atoms with Crippen LogP contribution in [0, 0.1) is 0 Å². The van der Waals surface area contributed by atoms with Gasteiger partial charge >= 0.3 is 5.97 Å². The molecule has 7 heteroatoms. The number of rotatable bonds is 9. The Bertz CT molecular complexity index is 504. The van der Waals surface area contributed by atoms with Crippen molar-refractivity contribution in [1.29, 1.82) is 0 Å². The molecule has 0 radical (unpaired) electrons. The fourth-order valence-electron chi connectivity index (χ4n) is 1.94. The molecule has 6 nitrogen and oxygen atoms in total. The second-order valence-electron chi connectivity index (χ2n) is 5.47. The largest absolute Gasteiger partial charge is 0.491 e. The average Bonchev–Trinajstić information content (AvgIpc) is 2.51. The highest BCUT2D eigenvalue weighted by Gasteiger charge is 2.00. The van der Waals surface area contributed by atoms with Gasteiger partial charge in [0.1, 0.15) is 5.75 Å². The number of guanidine groups is 1. The third-order valence-corrected chi connectivity index (χ3v) is 3.05. The van der Waals surface area contributed by atoms with Crippen LogP contribution in [0.4, 0.5) is 5.69 Å². The number of methoxy groups -OCH3 is 1. The maximum absolute atomic E-state index is 11.0. The lowest BCUT2D eigenvalue weighted by atomic mass is 10.2. The van der Waals surface area contributed by atoms with E-state index in [1.54, 1.807) is 0 Å². The lowest BCUT2D eigenvalue weighted by Crippen LogP contribution is -2.22. The van der Waals surface area contributed by atoms with Crippen LogP contribution >= 0.6 is 24.0 Å².